The van der Waals surface area contributed by atoms with Gasteiger partial charge in [0.1, 0.15) is 0 Å². The Kier molecular flexibility index (Phi) is 4.45. The van der Waals surface area contributed by atoms with Crippen molar-refractivity contribution in [2.24, 2.45) is 0 Å². The molecule has 1 aliphatic rings. The molecule has 3 rings (SSSR count). The number of nitrogens with two attached hydrogens (primary N) is 1. The van der Waals surface area contributed by atoms with Crippen LogP contribution in [-0.4, -0.2) is 28.0 Å². The second kappa shape index (κ2) is 6.69. The maximum absolute atomic E-state index is 11.3. The van der Waals surface area contributed by atoms with Crippen LogP contribution in [0.5, 0.6) is 0 Å². The average molecular weight is 328 g/mol. The van der Waals surface area contributed by atoms with Gasteiger partial charge in [-0.3, -0.25) is 10.1 Å². The van der Waals surface area contributed by atoms with E-state index in [9.17, 15) is 10.1 Å². The van der Waals surface area contributed by atoms with E-state index in [2.05, 4.69) is 15.3 Å². The maximum Gasteiger partial charge on any atom is 0.353 e. The predicted molar refractivity (Wildman–Crippen MR) is 93.1 cm³/mol. The summed E-state index contributed by atoms with van der Waals surface area (Å²) in [5.74, 6) is 0.500. The number of aromatic nitrogens is 2. The normalized spacial score (nSPS) is 14.0. The molecule has 0 spiro atoms. The molecule has 3 N–H and O–H groups in total. The molecule has 24 heavy (non-hydrogen) atoms. The molecule has 1 aromatic carbocycles. The summed E-state index contributed by atoms with van der Waals surface area (Å²) in [6, 6.07) is 8.08. The molecule has 126 valence electrons. The molecule has 1 fully saturated rings. The molecule has 0 unspecified atom stereocenters. The first-order valence-electron chi connectivity index (χ1n) is 7.91. The quantitative estimate of drug-likeness (QED) is 0.641. The summed E-state index contributed by atoms with van der Waals surface area (Å²) in [5, 5.41) is 14.4. The van der Waals surface area contributed by atoms with Gasteiger partial charge in [0.25, 0.3) is 0 Å². The van der Waals surface area contributed by atoms with Gasteiger partial charge in [-0.2, -0.15) is 9.97 Å². The van der Waals surface area contributed by atoms with Crippen LogP contribution in [0.1, 0.15) is 24.0 Å². The number of nitrogens with one attached hydrogen (secondary N) is 1. The third-order valence-corrected chi connectivity index (χ3v) is 4.05. The van der Waals surface area contributed by atoms with Crippen LogP contribution in [0.4, 0.5) is 23.3 Å². The Bertz CT molecular complexity index is 741. The lowest BCUT2D eigenvalue weighted by atomic mass is 10.1. The molecule has 1 saturated heterocycles. The number of nitro groups is 1. The summed E-state index contributed by atoms with van der Waals surface area (Å²) in [7, 11) is 0. The third-order valence-electron chi connectivity index (χ3n) is 4.05. The maximum atomic E-state index is 11.3. The second-order valence-electron chi connectivity index (χ2n) is 5.90. The van der Waals surface area contributed by atoms with Crippen LogP contribution in [0, 0.1) is 17.0 Å². The lowest BCUT2D eigenvalue weighted by molar-refractivity contribution is -0.383. The van der Waals surface area contributed by atoms with E-state index in [1.165, 1.54) is 5.56 Å². The molecule has 0 saturated carbocycles. The molecule has 1 aliphatic heterocycles. The number of anilines is 3. The van der Waals surface area contributed by atoms with Gasteiger partial charge in [-0.25, -0.2) is 0 Å². The molecule has 2 heterocycles. The van der Waals surface area contributed by atoms with E-state index in [1.54, 1.807) is 0 Å². The molecule has 0 bridgehead atoms. The lowest BCUT2D eigenvalue weighted by Crippen LogP contribution is -2.22. The SMILES string of the molecule is Cc1ccc(CNc2nc(N)c([N+](=O)[O-])c(N3CCCC3)n2)cc1. The van der Waals surface area contributed by atoms with Crippen LogP contribution in [-0.2, 0) is 6.54 Å². The van der Waals surface area contributed by atoms with Crippen molar-refractivity contribution in [1.82, 2.24) is 9.97 Å². The average Bonchev–Trinajstić information content (AvgIpc) is 3.07. The van der Waals surface area contributed by atoms with Crippen LogP contribution in [0.15, 0.2) is 24.3 Å². The van der Waals surface area contributed by atoms with Crippen LogP contribution < -0.4 is 16.0 Å². The molecule has 0 aliphatic carbocycles. The molecule has 2 aromatic rings. The zero-order valence-corrected chi connectivity index (χ0v) is 13.5. The number of hydrogen-bond donors (Lipinski definition) is 2. The van der Waals surface area contributed by atoms with Crippen molar-refractivity contribution in [3.8, 4) is 0 Å². The van der Waals surface area contributed by atoms with Crippen molar-refractivity contribution < 1.29 is 4.92 Å². The first kappa shape index (κ1) is 16.0. The minimum Gasteiger partial charge on any atom is -0.378 e. The zero-order chi connectivity index (χ0) is 17.1. The number of rotatable bonds is 5. The molecular formula is C16H20N6O2. The summed E-state index contributed by atoms with van der Waals surface area (Å²) in [4.78, 5) is 21.1. The lowest BCUT2D eigenvalue weighted by Gasteiger charge is -2.17. The minimum atomic E-state index is -0.507. The van der Waals surface area contributed by atoms with E-state index in [0.29, 0.717) is 18.3 Å². The van der Waals surface area contributed by atoms with Crippen LogP contribution >= 0.6 is 0 Å². The monoisotopic (exact) mass is 328 g/mol. The number of nitrogens with zero attached hydrogens (tertiary/aromatic N) is 4. The standard InChI is InChI=1S/C16H20N6O2/c1-11-4-6-12(7-5-11)10-18-16-19-14(17)13(22(23)24)15(20-16)21-8-2-3-9-21/h4-7H,2-3,8-10H2,1H3,(H3,17,18,19,20). The fourth-order valence-corrected chi connectivity index (χ4v) is 2.75. The fraction of sp³-hybridized carbons (Fsp3) is 0.375. The summed E-state index contributed by atoms with van der Waals surface area (Å²) < 4.78 is 0. The molecule has 0 amide bonds. The van der Waals surface area contributed by atoms with Gasteiger partial charge in [0, 0.05) is 19.6 Å². The van der Waals surface area contributed by atoms with Gasteiger partial charge < -0.3 is 16.0 Å². The summed E-state index contributed by atoms with van der Waals surface area (Å²) >= 11 is 0. The Morgan fingerprint density at radius 2 is 1.92 bits per heavy atom. The summed E-state index contributed by atoms with van der Waals surface area (Å²) in [6.45, 7) is 4.04. The molecule has 8 heteroatoms. The number of benzene rings is 1. The Balaban J connectivity index is 1.85. The smallest absolute Gasteiger partial charge is 0.353 e. The van der Waals surface area contributed by atoms with E-state index in [-0.39, 0.29) is 11.5 Å². The molecular weight excluding hydrogens is 308 g/mol. The number of aryl methyl sites for hydroxylation is 1. The van der Waals surface area contributed by atoms with Gasteiger partial charge in [-0.1, -0.05) is 29.8 Å². The highest BCUT2D eigenvalue weighted by Gasteiger charge is 2.28. The van der Waals surface area contributed by atoms with Crippen LogP contribution in [0.3, 0.4) is 0 Å². The highest BCUT2D eigenvalue weighted by Crippen LogP contribution is 2.33. The van der Waals surface area contributed by atoms with Gasteiger partial charge in [-0.15, -0.1) is 0 Å². The molecule has 0 radical (unpaired) electrons. The van der Waals surface area contributed by atoms with Gasteiger partial charge in [0.15, 0.2) is 0 Å². The topological polar surface area (TPSA) is 110 Å². The van der Waals surface area contributed by atoms with E-state index in [0.717, 1.165) is 31.5 Å². The van der Waals surface area contributed by atoms with Crippen LogP contribution in [0.2, 0.25) is 0 Å². The largest absolute Gasteiger partial charge is 0.378 e. The Morgan fingerprint density at radius 1 is 1.25 bits per heavy atom. The van der Waals surface area contributed by atoms with Crippen molar-refractivity contribution in [3.05, 3.63) is 45.5 Å². The van der Waals surface area contributed by atoms with Gasteiger partial charge in [-0.05, 0) is 25.3 Å². The fourth-order valence-electron chi connectivity index (χ4n) is 2.75. The third kappa shape index (κ3) is 3.37. The number of hydrogen-bond acceptors (Lipinski definition) is 7. The molecule has 8 nitrogen and oxygen atoms in total. The Labute approximate surface area is 139 Å². The van der Waals surface area contributed by atoms with Crippen molar-refractivity contribution in [1.29, 1.82) is 0 Å². The highest BCUT2D eigenvalue weighted by atomic mass is 16.6. The van der Waals surface area contributed by atoms with Crippen molar-refractivity contribution in [2.75, 3.05) is 29.0 Å². The predicted octanol–water partition coefficient (Wildman–Crippen LogP) is 2.49. The second-order valence-corrected chi connectivity index (χ2v) is 5.90. The van der Waals surface area contributed by atoms with E-state index < -0.39 is 4.92 Å². The van der Waals surface area contributed by atoms with E-state index >= 15 is 0 Å². The number of nitrogen functional groups attached to an aromatic ring is 1. The minimum absolute atomic E-state index is 0.108. The molecule has 0 atom stereocenters. The molecule has 1 aromatic heterocycles. The van der Waals surface area contributed by atoms with Crippen molar-refractivity contribution in [3.63, 3.8) is 0 Å². The Morgan fingerprint density at radius 3 is 2.54 bits per heavy atom. The van der Waals surface area contributed by atoms with Gasteiger partial charge in [0.2, 0.25) is 17.6 Å². The van der Waals surface area contributed by atoms with E-state index in [4.69, 9.17) is 5.73 Å². The zero-order valence-electron chi connectivity index (χ0n) is 13.5. The van der Waals surface area contributed by atoms with Crippen molar-refractivity contribution in [2.45, 2.75) is 26.3 Å². The van der Waals surface area contributed by atoms with Crippen LogP contribution in [0.25, 0.3) is 0 Å². The summed E-state index contributed by atoms with van der Waals surface area (Å²) in [6.07, 6.45) is 1.99. The Hall–Kier alpha value is -2.90. The van der Waals surface area contributed by atoms with E-state index in [1.807, 2.05) is 36.1 Å². The van der Waals surface area contributed by atoms with Crippen molar-refractivity contribution >= 4 is 23.3 Å². The van der Waals surface area contributed by atoms with Gasteiger partial charge >= 0.3 is 5.69 Å². The first-order chi connectivity index (χ1) is 11.5. The summed E-state index contributed by atoms with van der Waals surface area (Å²) in [5.41, 5.74) is 7.87. The highest BCUT2D eigenvalue weighted by molar-refractivity contribution is 5.71. The van der Waals surface area contributed by atoms with Gasteiger partial charge in [0.05, 0.1) is 4.92 Å². The first-order valence-corrected chi connectivity index (χ1v) is 7.91.